The molecule has 0 aliphatic rings. The zero-order chi connectivity index (χ0) is 15.4. The second-order valence-electron chi connectivity index (χ2n) is 4.30. The number of amides is 1. The fraction of sp³-hybridized carbons (Fsp3) is 0.214. The van der Waals surface area contributed by atoms with Gasteiger partial charge in [-0.05, 0) is 26.0 Å². The Bertz CT molecular complexity index is 662. The van der Waals surface area contributed by atoms with Gasteiger partial charge in [0.05, 0.1) is 11.4 Å². The molecule has 0 spiro atoms. The van der Waals surface area contributed by atoms with Crippen LogP contribution in [-0.4, -0.2) is 23.6 Å². The van der Waals surface area contributed by atoms with Gasteiger partial charge in [-0.15, -0.1) is 0 Å². The molecule has 7 heteroatoms. The number of hydrogen-bond acceptors (Lipinski definition) is 5. The number of ether oxygens (including phenoxy) is 1. The van der Waals surface area contributed by atoms with Gasteiger partial charge in [0.15, 0.2) is 6.61 Å². The summed E-state index contributed by atoms with van der Waals surface area (Å²) in [6.45, 7) is 2.62. The van der Waals surface area contributed by atoms with Crippen LogP contribution in [0.25, 0.3) is 0 Å². The van der Waals surface area contributed by atoms with E-state index in [0.29, 0.717) is 11.5 Å². The van der Waals surface area contributed by atoms with Gasteiger partial charge >= 0.3 is 5.97 Å². The number of carbonyl (C=O) groups excluding carboxylic acids is 2. The van der Waals surface area contributed by atoms with Crippen molar-refractivity contribution in [3.05, 3.63) is 47.1 Å². The quantitative estimate of drug-likeness (QED) is 0.874. The smallest absolute Gasteiger partial charge is 0.344 e. The van der Waals surface area contributed by atoms with Crippen LogP contribution in [0, 0.1) is 19.7 Å². The average Bonchev–Trinajstić information content (AvgIpc) is 2.78. The Labute approximate surface area is 119 Å². The van der Waals surface area contributed by atoms with Crippen molar-refractivity contribution in [2.45, 2.75) is 13.8 Å². The number of esters is 1. The topological polar surface area (TPSA) is 81.4 Å². The molecule has 1 aromatic carbocycles. The lowest BCUT2D eigenvalue weighted by Gasteiger charge is -2.07. The van der Waals surface area contributed by atoms with Gasteiger partial charge in [-0.2, -0.15) is 0 Å². The van der Waals surface area contributed by atoms with Crippen LogP contribution >= 0.6 is 0 Å². The third-order valence-electron chi connectivity index (χ3n) is 2.72. The monoisotopic (exact) mass is 292 g/mol. The van der Waals surface area contributed by atoms with E-state index in [1.807, 2.05) is 0 Å². The van der Waals surface area contributed by atoms with E-state index in [2.05, 4.69) is 10.5 Å². The fourth-order valence-electron chi connectivity index (χ4n) is 1.73. The number of aryl methyl sites for hydroxylation is 2. The highest BCUT2D eigenvalue weighted by Crippen LogP contribution is 2.14. The predicted octanol–water partition coefficient (Wildman–Crippen LogP) is 2.23. The first-order chi connectivity index (χ1) is 9.99. The summed E-state index contributed by atoms with van der Waals surface area (Å²) in [4.78, 5) is 23.4. The van der Waals surface area contributed by atoms with Gasteiger partial charge in [0.2, 0.25) is 0 Å². The van der Waals surface area contributed by atoms with Crippen molar-refractivity contribution in [3.63, 3.8) is 0 Å². The first-order valence-electron chi connectivity index (χ1n) is 6.13. The van der Waals surface area contributed by atoms with Gasteiger partial charge in [0, 0.05) is 0 Å². The van der Waals surface area contributed by atoms with Crippen LogP contribution in [0.15, 0.2) is 28.8 Å². The highest BCUT2D eigenvalue weighted by Gasteiger charge is 2.20. The number of nitrogens with one attached hydrogen (secondary N) is 1. The molecule has 1 heterocycles. The van der Waals surface area contributed by atoms with E-state index in [4.69, 9.17) is 9.26 Å². The number of hydrogen-bond donors (Lipinski definition) is 1. The van der Waals surface area contributed by atoms with Crippen LogP contribution in [0.2, 0.25) is 0 Å². The maximum Gasteiger partial charge on any atom is 0.344 e. The van der Waals surface area contributed by atoms with E-state index in [0.717, 1.165) is 0 Å². The van der Waals surface area contributed by atoms with Crippen molar-refractivity contribution in [3.8, 4) is 0 Å². The number of benzene rings is 1. The lowest BCUT2D eigenvalue weighted by Crippen LogP contribution is -2.21. The van der Waals surface area contributed by atoms with E-state index in [9.17, 15) is 14.0 Å². The summed E-state index contributed by atoms with van der Waals surface area (Å²) >= 11 is 0. The summed E-state index contributed by atoms with van der Waals surface area (Å²) in [5, 5.41) is 5.93. The van der Waals surface area contributed by atoms with Crippen LogP contribution in [0.4, 0.5) is 10.1 Å². The van der Waals surface area contributed by atoms with Crippen molar-refractivity contribution in [2.75, 3.05) is 11.9 Å². The minimum atomic E-state index is -0.713. The lowest BCUT2D eigenvalue weighted by molar-refractivity contribution is -0.119. The normalized spacial score (nSPS) is 10.2. The summed E-state index contributed by atoms with van der Waals surface area (Å²) < 4.78 is 23.0. The van der Waals surface area contributed by atoms with Gasteiger partial charge in [0.1, 0.15) is 17.1 Å². The van der Waals surface area contributed by atoms with Crippen molar-refractivity contribution in [2.24, 2.45) is 0 Å². The Kier molecular flexibility index (Phi) is 4.32. The Balaban J connectivity index is 1.93. The Morgan fingerprint density at radius 1 is 1.33 bits per heavy atom. The molecule has 0 aliphatic heterocycles. The minimum Gasteiger partial charge on any atom is -0.452 e. The number of para-hydroxylation sites is 1. The molecule has 0 aliphatic carbocycles. The van der Waals surface area contributed by atoms with Crippen molar-refractivity contribution >= 4 is 17.6 Å². The summed E-state index contributed by atoms with van der Waals surface area (Å²) in [5.74, 6) is -1.61. The zero-order valence-corrected chi connectivity index (χ0v) is 11.5. The van der Waals surface area contributed by atoms with Gasteiger partial charge in [-0.3, -0.25) is 4.79 Å². The molecule has 21 heavy (non-hydrogen) atoms. The van der Waals surface area contributed by atoms with Gasteiger partial charge in [-0.1, -0.05) is 17.3 Å². The van der Waals surface area contributed by atoms with Crippen LogP contribution in [0.5, 0.6) is 0 Å². The van der Waals surface area contributed by atoms with E-state index >= 15 is 0 Å². The molecule has 0 atom stereocenters. The number of anilines is 1. The molecule has 1 amide bonds. The molecule has 0 fully saturated rings. The van der Waals surface area contributed by atoms with Crippen LogP contribution < -0.4 is 5.32 Å². The van der Waals surface area contributed by atoms with E-state index < -0.39 is 24.3 Å². The van der Waals surface area contributed by atoms with Gasteiger partial charge < -0.3 is 14.6 Å². The maximum absolute atomic E-state index is 13.3. The van der Waals surface area contributed by atoms with Crippen molar-refractivity contribution in [1.29, 1.82) is 0 Å². The van der Waals surface area contributed by atoms with Crippen LogP contribution in [0.3, 0.4) is 0 Å². The van der Waals surface area contributed by atoms with Gasteiger partial charge in [0.25, 0.3) is 5.91 Å². The first kappa shape index (κ1) is 14.7. The summed E-state index contributed by atoms with van der Waals surface area (Å²) in [7, 11) is 0. The SMILES string of the molecule is Cc1noc(C)c1C(=O)OCC(=O)Nc1ccccc1F. The summed E-state index contributed by atoms with van der Waals surface area (Å²) in [6.07, 6.45) is 0. The highest BCUT2D eigenvalue weighted by atomic mass is 19.1. The number of nitrogens with zero attached hydrogens (tertiary/aromatic N) is 1. The highest BCUT2D eigenvalue weighted by molar-refractivity contribution is 5.96. The Hall–Kier alpha value is -2.70. The molecule has 0 bridgehead atoms. The molecule has 0 radical (unpaired) electrons. The van der Waals surface area contributed by atoms with E-state index in [1.165, 1.54) is 18.2 Å². The standard InChI is InChI=1S/C14H13FN2O4/c1-8-13(9(2)21-17-8)14(19)20-7-12(18)16-11-6-4-3-5-10(11)15/h3-6H,7H2,1-2H3,(H,16,18). The molecule has 0 saturated carbocycles. The number of carbonyl (C=O) groups is 2. The number of halogens is 1. The molecule has 2 aromatic rings. The molecular formula is C14H13FN2O4. The molecule has 1 N–H and O–H groups in total. The van der Waals surface area contributed by atoms with Crippen molar-refractivity contribution < 1.29 is 23.2 Å². The molecule has 0 saturated heterocycles. The van der Waals surface area contributed by atoms with Crippen LogP contribution in [0.1, 0.15) is 21.8 Å². The lowest BCUT2D eigenvalue weighted by atomic mass is 10.2. The predicted molar refractivity (Wildman–Crippen MR) is 71.3 cm³/mol. The third-order valence-corrected chi connectivity index (χ3v) is 2.72. The van der Waals surface area contributed by atoms with Crippen LogP contribution in [-0.2, 0) is 9.53 Å². The number of rotatable bonds is 4. The summed E-state index contributed by atoms with van der Waals surface area (Å²) in [6, 6.07) is 5.70. The molecule has 110 valence electrons. The molecule has 1 aromatic heterocycles. The fourth-order valence-corrected chi connectivity index (χ4v) is 1.73. The summed E-state index contributed by atoms with van der Waals surface area (Å²) in [5.41, 5.74) is 0.594. The first-order valence-corrected chi connectivity index (χ1v) is 6.13. The Morgan fingerprint density at radius 2 is 2.05 bits per heavy atom. The minimum absolute atomic E-state index is 0.0240. The molecule has 2 rings (SSSR count). The molecular weight excluding hydrogens is 279 g/mol. The maximum atomic E-state index is 13.3. The second kappa shape index (κ2) is 6.17. The third kappa shape index (κ3) is 3.44. The average molecular weight is 292 g/mol. The largest absolute Gasteiger partial charge is 0.452 e. The Morgan fingerprint density at radius 3 is 2.67 bits per heavy atom. The van der Waals surface area contributed by atoms with E-state index in [-0.39, 0.29) is 11.3 Å². The number of aromatic nitrogens is 1. The van der Waals surface area contributed by atoms with E-state index in [1.54, 1.807) is 19.9 Å². The molecule has 0 unspecified atom stereocenters. The zero-order valence-electron chi connectivity index (χ0n) is 11.5. The van der Waals surface area contributed by atoms with Crippen molar-refractivity contribution in [1.82, 2.24) is 5.16 Å². The van der Waals surface area contributed by atoms with Gasteiger partial charge in [-0.25, -0.2) is 9.18 Å². The second-order valence-corrected chi connectivity index (χ2v) is 4.30. The molecule has 6 nitrogen and oxygen atoms in total.